The second-order valence-corrected chi connectivity index (χ2v) is 6.85. The van der Waals surface area contributed by atoms with Crippen molar-refractivity contribution in [1.82, 2.24) is 5.32 Å². The van der Waals surface area contributed by atoms with Gasteiger partial charge in [0.1, 0.15) is 5.76 Å². The summed E-state index contributed by atoms with van der Waals surface area (Å²) in [6.07, 6.45) is 6.53. The lowest BCUT2D eigenvalue weighted by Crippen LogP contribution is -2.36. The van der Waals surface area contributed by atoms with Crippen LogP contribution >= 0.6 is 11.6 Å². The molecule has 2 nitrogen and oxygen atoms in total. The van der Waals surface area contributed by atoms with Crippen LogP contribution in [-0.4, -0.2) is 6.04 Å². The minimum Gasteiger partial charge on any atom is -0.448 e. The van der Waals surface area contributed by atoms with Crippen LogP contribution in [0.25, 0.3) is 0 Å². The Morgan fingerprint density at radius 2 is 1.95 bits per heavy atom. The van der Waals surface area contributed by atoms with E-state index in [4.69, 9.17) is 16.0 Å². The minimum atomic E-state index is 0.477. The van der Waals surface area contributed by atoms with Gasteiger partial charge in [0, 0.05) is 6.04 Å². The van der Waals surface area contributed by atoms with Gasteiger partial charge in [-0.1, -0.05) is 27.2 Å². The number of hydrogen-bond acceptors (Lipinski definition) is 2. The van der Waals surface area contributed by atoms with Crippen LogP contribution in [0, 0.1) is 11.3 Å². The quantitative estimate of drug-likeness (QED) is 0.821. The van der Waals surface area contributed by atoms with Gasteiger partial charge < -0.3 is 9.73 Å². The van der Waals surface area contributed by atoms with Gasteiger partial charge in [-0.3, -0.25) is 0 Å². The Morgan fingerprint density at radius 1 is 1.26 bits per heavy atom. The average Bonchev–Trinajstić information content (AvgIpc) is 2.83. The van der Waals surface area contributed by atoms with Gasteiger partial charge in [0.25, 0.3) is 0 Å². The molecule has 1 aromatic rings. The van der Waals surface area contributed by atoms with Gasteiger partial charge in [-0.2, -0.15) is 0 Å². The van der Waals surface area contributed by atoms with Crippen molar-refractivity contribution in [3.63, 3.8) is 0 Å². The second-order valence-electron chi connectivity index (χ2n) is 6.48. The highest BCUT2D eigenvalue weighted by molar-refractivity contribution is 6.28. The van der Waals surface area contributed by atoms with Crippen molar-refractivity contribution in [2.45, 2.75) is 65.5 Å². The van der Waals surface area contributed by atoms with Crippen LogP contribution in [0.3, 0.4) is 0 Å². The maximum absolute atomic E-state index is 5.77. The molecule has 19 heavy (non-hydrogen) atoms. The summed E-state index contributed by atoms with van der Waals surface area (Å²) in [5, 5.41) is 4.07. The summed E-state index contributed by atoms with van der Waals surface area (Å²) < 4.78 is 5.37. The molecular weight excluding hydrogens is 258 g/mol. The molecule has 1 aliphatic carbocycles. The monoisotopic (exact) mass is 283 g/mol. The largest absolute Gasteiger partial charge is 0.448 e. The zero-order valence-electron chi connectivity index (χ0n) is 12.3. The lowest BCUT2D eigenvalue weighted by Gasteiger charge is -2.39. The molecule has 108 valence electrons. The van der Waals surface area contributed by atoms with Crippen LogP contribution in [0.2, 0.25) is 5.22 Å². The second kappa shape index (κ2) is 6.32. The molecule has 1 heterocycles. The normalized spacial score (nSPS) is 24.6. The summed E-state index contributed by atoms with van der Waals surface area (Å²) in [6.45, 7) is 7.93. The third kappa shape index (κ3) is 4.00. The summed E-state index contributed by atoms with van der Waals surface area (Å²) in [5.41, 5.74) is 0.500. The standard InChI is InChI=1S/C16H26ClNO/c1-4-16(2,3)12-5-7-13(8-6-12)18-11-14-9-10-15(17)19-14/h9-10,12-13,18H,4-8,11H2,1-3H3. The molecule has 0 saturated heterocycles. The molecule has 0 radical (unpaired) electrons. The van der Waals surface area contributed by atoms with Crippen LogP contribution in [0.5, 0.6) is 0 Å². The molecule has 2 rings (SSSR count). The molecule has 1 N–H and O–H groups in total. The molecule has 3 heteroatoms. The molecular formula is C16H26ClNO. The molecule has 0 aromatic carbocycles. The maximum atomic E-state index is 5.77. The molecule has 1 fully saturated rings. The molecule has 0 spiro atoms. The van der Waals surface area contributed by atoms with Gasteiger partial charge in [-0.05, 0) is 60.7 Å². The Bertz CT molecular complexity index is 391. The van der Waals surface area contributed by atoms with Gasteiger partial charge in [0.15, 0.2) is 5.22 Å². The Labute approximate surface area is 121 Å². The van der Waals surface area contributed by atoms with E-state index in [9.17, 15) is 0 Å². The Morgan fingerprint density at radius 3 is 2.47 bits per heavy atom. The first-order valence-corrected chi connectivity index (χ1v) is 7.86. The first-order valence-electron chi connectivity index (χ1n) is 7.49. The van der Waals surface area contributed by atoms with Crippen LogP contribution < -0.4 is 5.32 Å². The lowest BCUT2D eigenvalue weighted by molar-refractivity contribution is 0.136. The zero-order chi connectivity index (χ0) is 13.9. The van der Waals surface area contributed by atoms with Crippen molar-refractivity contribution in [2.24, 2.45) is 11.3 Å². The molecule has 1 aromatic heterocycles. The van der Waals surface area contributed by atoms with Crippen molar-refractivity contribution >= 4 is 11.6 Å². The molecule has 1 saturated carbocycles. The van der Waals surface area contributed by atoms with Gasteiger partial charge in [-0.25, -0.2) is 0 Å². The van der Waals surface area contributed by atoms with Gasteiger partial charge in [0.05, 0.1) is 6.54 Å². The van der Waals surface area contributed by atoms with Crippen molar-refractivity contribution in [2.75, 3.05) is 0 Å². The van der Waals surface area contributed by atoms with E-state index >= 15 is 0 Å². The van der Waals surface area contributed by atoms with E-state index in [1.807, 2.05) is 6.07 Å². The van der Waals surface area contributed by atoms with Crippen LogP contribution in [0.15, 0.2) is 16.5 Å². The predicted molar refractivity (Wildman–Crippen MR) is 80.4 cm³/mol. The highest BCUT2D eigenvalue weighted by Gasteiger charge is 2.31. The number of halogens is 1. The van der Waals surface area contributed by atoms with E-state index in [0.29, 0.717) is 16.7 Å². The Balaban J connectivity index is 1.74. The van der Waals surface area contributed by atoms with E-state index in [-0.39, 0.29) is 0 Å². The van der Waals surface area contributed by atoms with E-state index in [1.54, 1.807) is 6.07 Å². The molecule has 0 aliphatic heterocycles. The number of nitrogens with one attached hydrogen (secondary N) is 1. The SMILES string of the molecule is CCC(C)(C)C1CCC(NCc2ccc(Cl)o2)CC1. The van der Waals surface area contributed by atoms with Crippen molar-refractivity contribution in [3.05, 3.63) is 23.1 Å². The summed E-state index contributed by atoms with van der Waals surface area (Å²) >= 11 is 5.77. The Kier molecular flexibility index (Phi) is 4.97. The van der Waals surface area contributed by atoms with E-state index in [2.05, 4.69) is 26.1 Å². The average molecular weight is 284 g/mol. The van der Waals surface area contributed by atoms with Gasteiger partial charge in [0.2, 0.25) is 0 Å². The zero-order valence-corrected chi connectivity index (χ0v) is 13.1. The van der Waals surface area contributed by atoms with Gasteiger partial charge in [-0.15, -0.1) is 0 Å². The molecule has 0 atom stereocenters. The Hall–Kier alpha value is -0.470. The summed E-state index contributed by atoms with van der Waals surface area (Å²) in [5.74, 6) is 1.81. The van der Waals surface area contributed by atoms with Crippen molar-refractivity contribution in [1.29, 1.82) is 0 Å². The minimum absolute atomic E-state index is 0.477. The molecule has 1 aliphatic rings. The summed E-state index contributed by atoms with van der Waals surface area (Å²) in [6, 6.07) is 4.38. The smallest absolute Gasteiger partial charge is 0.193 e. The number of furan rings is 1. The molecule has 0 amide bonds. The highest BCUT2D eigenvalue weighted by Crippen LogP contribution is 2.40. The van der Waals surface area contributed by atoms with Crippen molar-refractivity contribution in [3.8, 4) is 0 Å². The van der Waals surface area contributed by atoms with Crippen LogP contribution in [-0.2, 0) is 6.54 Å². The number of rotatable bonds is 5. The third-order valence-corrected chi connectivity index (χ3v) is 5.14. The topological polar surface area (TPSA) is 25.2 Å². The fourth-order valence-corrected chi connectivity index (χ4v) is 3.22. The summed E-state index contributed by atoms with van der Waals surface area (Å²) in [4.78, 5) is 0. The lowest BCUT2D eigenvalue weighted by atomic mass is 9.69. The van der Waals surface area contributed by atoms with Crippen LogP contribution in [0.1, 0.15) is 58.6 Å². The van der Waals surface area contributed by atoms with E-state index < -0.39 is 0 Å². The fraction of sp³-hybridized carbons (Fsp3) is 0.750. The maximum Gasteiger partial charge on any atom is 0.193 e. The molecule has 0 unspecified atom stereocenters. The highest BCUT2D eigenvalue weighted by atomic mass is 35.5. The molecule has 0 bridgehead atoms. The number of hydrogen-bond donors (Lipinski definition) is 1. The first-order chi connectivity index (χ1) is 9.01. The first kappa shape index (κ1) is 14.9. The van der Waals surface area contributed by atoms with Gasteiger partial charge >= 0.3 is 0 Å². The fourth-order valence-electron chi connectivity index (χ4n) is 3.06. The van der Waals surface area contributed by atoms with Crippen molar-refractivity contribution < 1.29 is 4.42 Å². The van der Waals surface area contributed by atoms with E-state index in [0.717, 1.165) is 18.2 Å². The predicted octanol–water partition coefficient (Wildman–Crippen LogP) is 5.02. The third-order valence-electron chi connectivity index (χ3n) is 4.94. The van der Waals surface area contributed by atoms with Crippen LogP contribution in [0.4, 0.5) is 0 Å². The summed E-state index contributed by atoms with van der Waals surface area (Å²) in [7, 11) is 0. The van der Waals surface area contributed by atoms with E-state index in [1.165, 1.54) is 32.1 Å².